The second-order valence-corrected chi connectivity index (χ2v) is 11.5. The Morgan fingerprint density at radius 3 is 2.23 bits per heavy atom. The van der Waals surface area contributed by atoms with Crippen molar-refractivity contribution in [2.45, 2.75) is 89.5 Å². The van der Waals surface area contributed by atoms with Gasteiger partial charge >= 0.3 is 17.9 Å². The van der Waals surface area contributed by atoms with E-state index in [4.69, 9.17) is 11.1 Å². The van der Waals surface area contributed by atoms with Crippen LogP contribution < -0.4 is 17.0 Å². The van der Waals surface area contributed by atoms with Crippen LogP contribution in [0.5, 0.6) is 5.88 Å². The standard InChI is InChI=1S/C25H35F3N6O5/c1-24(11-16-19(35)31(2)22(38)33(16)13-25(26,27)28)9-7-15(8-10-24)34-21(37)17(18(29)30)20(36)32(23(34)39)12-14-5-3-4-6-14/h14-16,36H,3-13H2,1-2H3,(H3,29,30)/t15?,16-,24?/m0/s1. The van der Waals surface area contributed by atoms with Gasteiger partial charge in [0, 0.05) is 19.6 Å². The fourth-order valence-corrected chi connectivity index (χ4v) is 6.41. The lowest BCUT2D eigenvalue weighted by atomic mass is 9.70. The first-order valence-corrected chi connectivity index (χ1v) is 13.2. The number of rotatable bonds is 7. The van der Waals surface area contributed by atoms with Gasteiger partial charge in [0.05, 0.1) is 0 Å². The number of aromatic hydroxyl groups is 1. The van der Waals surface area contributed by atoms with E-state index in [9.17, 15) is 37.5 Å². The molecule has 1 aromatic heterocycles. The Morgan fingerprint density at radius 1 is 1.10 bits per heavy atom. The van der Waals surface area contributed by atoms with Gasteiger partial charge in [-0.25, -0.2) is 9.59 Å². The third-order valence-corrected chi connectivity index (χ3v) is 8.62. The van der Waals surface area contributed by atoms with Crippen LogP contribution in [-0.4, -0.2) is 67.6 Å². The van der Waals surface area contributed by atoms with E-state index >= 15 is 0 Å². The second kappa shape index (κ2) is 10.3. The van der Waals surface area contributed by atoms with Gasteiger partial charge < -0.3 is 15.7 Å². The van der Waals surface area contributed by atoms with Gasteiger partial charge in [-0.1, -0.05) is 19.8 Å². The van der Waals surface area contributed by atoms with Crippen LogP contribution in [-0.2, 0) is 11.3 Å². The molecule has 4 rings (SSSR count). The van der Waals surface area contributed by atoms with E-state index in [2.05, 4.69) is 0 Å². The van der Waals surface area contributed by atoms with E-state index in [-0.39, 0.29) is 18.9 Å². The number of hydrogen-bond acceptors (Lipinski definition) is 6. The van der Waals surface area contributed by atoms with Crippen LogP contribution in [0.25, 0.3) is 0 Å². The maximum absolute atomic E-state index is 13.5. The Morgan fingerprint density at radius 2 is 1.69 bits per heavy atom. The average molecular weight is 557 g/mol. The van der Waals surface area contributed by atoms with Crippen LogP contribution >= 0.6 is 0 Å². The lowest BCUT2D eigenvalue weighted by Gasteiger charge is -2.40. The fourth-order valence-electron chi connectivity index (χ4n) is 6.41. The number of alkyl halides is 3. The molecule has 1 aliphatic heterocycles. The molecule has 0 bridgehead atoms. The molecule has 3 aliphatic rings. The predicted molar refractivity (Wildman–Crippen MR) is 135 cm³/mol. The molecule has 0 aromatic carbocycles. The topological polar surface area (TPSA) is 155 Å². The Hall–Kier alpha value is -3.32. The maximum atomic E-state index is 13.5. The largest absolute Gasteiger partial charge is 0.494 e. The van der Waals surface area contributed by atoms with Crippen molar-refractivity contribution in [3.05, 3.63) is 26.4 Å². The molecule has 14 heteroatoms. The Labute approximate surface area is 222 Å². The van der Waals surface area contributed by atoms with Crippen molar-refractivity contribution in [3.8, 4) is 5.88 Å². The summed E-state index contributed by atoms with van der Waals surface area (Å²) in [6.07, 6.45) is 0.495. The van der Waals surface area contributed by atoms with Crippen LogP contribution in [0.4, 0.5) is 18.0 Å². The van der Waals surface area contributed by atoms with Gasteiger partial charge in [-0.2, -0.15) is 13.2 Å². The summed E-state index contributed by atoms with van der Waals surface area (Å²) in [5.74, 6) is -1.80. The van der Waals surface area contributed by atoms with Crippen molar-refractivity contribution in [1.82, 2.24) is 18.9 Å². The molecule has 0 radical (unpaired) electrons. The molecule has 2 aliphatic carbocycles. The number of aromatic nitrogens is 2. The molecular formula is C25H35F3N6O5. The first kappa shape index (κ1) is 28.7. The Kier molecular flexibility index (Phi) is 7.60. The highest BCUT2D eigenvalue weighted by atomic mass is 19.4. The first-order valence-electron chi connectivity index (χ1n) is 13.2. The van der Waals surface area contributed by atoms with Crippen LogP contribution in [0, 0.1) is 16.7 Å². The lowest BCUT2D eigenvalue weighted by molar-refractivity contribution is -0.145. The number of hydrogen-bond donors (Lipinski definition) is 3. The van der Waals surface area contributed by atoms with Gasteiger partial charge in [-0.15, -0.1) is 0 Å². The monoisotopic (exact) mass is 556 g/mol. The van der Waals surface area contributed by atoms with Crippen LogP contribution in [0.1, 0.15) is 76.3 Å². The van der Waals surface area contributed by atoms with Crippen molar-refractivity contribution in [2.24, 2.45) is 17.1 Å². The summed E-state index contributed by atoms with van der Waals surface area (Å²) >= 11 is 0. The van der Waals surface area contributed by atoms with E-state index < -0.39 is 70.7 Å². The minimum Gasteiger partial charge on any atom is -0.494 e. The zero-order valence-corrected chi connectivity index (χ0v) is 22.1. The highest BCUT2D eigenvalue weighted by Crippen LogP contribution is 2.45. The molecule has 2 heterocycles. The van der Waals surface area contributed by atoms with Gasteiger partial charge in [0.2, 0.25) is 5.88 Å². The first-order chi connectivity index (χ1) is 18.1. The summed E-state index contributed by atoms with van der Waals surface area (Å²) in [5.41, 5.74) is 3.03. The summed E-state index contributed by atoms with van der Waals surface area (Å²) in [6, 6.07) is -2.83. The normalized spacial score (nSPS) is 26.6. The van der Waals surface area contributed by atoms with Crippen molar-refractivity contribution < 1.29 is 27.9 Å². The second-order valence-electron chi connectivity index (χ2n) is 11.5. The number of likely N-dealkylation sites (N-methyl/N-ethyl adjacent to an activating group) is 1. The molecule has 1 aromatic rings. The van der Waals surface area contributed by atoms with Gasteiger partial charge in [0.25, 0.3) is 11.5 Å². The molecule has 2 saturated carbocycles. The molecule has 216 valence electrons. The zero-order chi connectivity index (χ0) is 28.9. The molecule has 4 N–H and O–H groups in total. The SMILES string of the molecule is CN1C(=O)[C@H](CC2(C)CCC(n3c(=O)c(C(=N)N)c(O)n(CC4CCCC4)c3=O)CC2)N(CC(F)(F)F)C1=O. The summed E-state index contributed by atoms with van der Waals surface area (Å²) < 4.78 is 41.6. The van der Waals surface area contributed by atoms with E-state index in [0.29, 0.717) is 35.5 Å². The lowest BCUT2D eigenvalue weighted by Crippen LogP contribution is -2.48. The quantitative estimate of drug-likeness (QED) is 0.266. The summed E-state index contributed by atoms with van der Waals surface area (Å²) in [7, 11) is 1.16. The van der Waals surface area contributed by atoms with E-state index in [1.54, 1.807) is 0 Å². The predicted octanol–water partition coefficient (Wildman–Crippen LogP) is 2.53. The number of carbonyl (C=O) groups is 2. The van der Waals surface area contributed by atoms with E-state index in [1.807, 2.05) is 6.92 Å². The van der Waals surface area contributed by atoms with Gasteiger partial charge in [-0.3, -0.25) is 29.0 Å². The minimum absolute atomic E-state index is 0.0137. The molecule has 39 heavy (non-hydrogen) atoms. The van der Waals surface area contributed by atoms with Crippen molar-refractivity contribution in [2.75, 3.05) is 13.6 Å². The van der Waals surface area contributed by atoms with Crippen LogP contribution in [0.15, 0.2) is 9.59 Å². The van der Waals surface area contributed by atoms with Crippen molar-refractivity contribution in [3.63, 3.8) is 0 Å². The van der Waals surface area contributed by atoms with Crippen LogP contribution in [0.3, 0.4) is 0 Å². The molecular weight excluding hydrogens is 521 g/mol. The molecule has 1 saturated heterocycles. The molecule has 11 nitrogen and oxygen atoms in total. The zero-order valence-electron chi connectivity index (χ0n) is 22.1. The van der Waals surface area contributed by atoms with Crippen LogP contribution in [0.2, 0.25) is 0 Å². The van der Waals surface area contributed by atoms with Gasteiger partial charge in [0.1, 0.15) is 24.0 Å². The number of nitrogens with zero attached hydrogens (tertiary/aromatic N) is 4. The number of imide groups is 1. The summed E-state index contributed by atoms with van der Waals surface area (Å²) in [5, 5.41) is 18.5. The van der Waals surface area contributed by atoms with Gasteiger partial charge in [-0.05, 0) is 56.3 Å². The fraction of sp³-hybridized carbons (Fsp3) is 0.720. The number of urea groups is 1. The number of halogens is 3. The smallest absolute Gasteiger partial charge is 0.406 e. The number of carbonyl (C=O) groups excluding carboxylic acids is 2. The number of nitrogens with two attached hydrogens (primary N) is 1. The maximum Gasteiger partial charge on any atom is 0.406 e. The van der Waals surface area contributed by atoms with Gasteiger partial charge in [0.15, 0.2) is 0 Å². The number of amides is 3. The number of nitrogen functional groups attached to an aromatic ring is 1. The highest BCUT2D eigenvalue weighted by Gasteiger charge is 2.50. The Balaban J connectivity index is 1.58. The van der Waals surface area contributed by atoms with E-state index in [0.717, 1.165) is 41.9 Å². The molecule has 0 unspecified atom stereocenters. The number of nitrogens with one attached hydrogen (secondary N) is 1. The third kappa shape index (κ3) is 5.55. The van der Waals surface area contributed by atoms with E-state index in [1.165, 1.54) is 0 Å². The summed E-state index contributed by atoms with van der Waals surface area (Å²) in [6.45, 7) is 0.503. The van der Waals surface area contributed by atoms with Crippen molar-refractivity contribution >= 4 is 17.8 Å². The van der Waals surface area contributed by atoms with Crippen molar-refractivity contribution in [1.29, 1.82) is 5.41 Å². The highest BCUT2D eigenvalue weighted by molar-refractivity contribution is 6.04. The number of amidine groups is 1. The molecule has 3 fully saturated rings. The molecule has 1 atom stereocenters. The molecule has 3 amide bonds. The average Bonchev–Trinajstić information content (AvgIpc) is 3.42. The third-order valence-electron chi connectivity index (χ3n) is 8.62. The Bertz CT molecular complexity index is 1270. The minimum atomic E-state index is -4.66. The summed E-state index contributed by atoms with van der Waals surface area (Å²) in [4.78, 5) is 53.0. The molecule has 0 spiro atoms.